The number of carboxylic acid groups (broad SMARTS) is 1. The molecule has 0 bridgehead atoms. The first-order chi connectivity index (χ1) is 10.1. The van der Waals surface area contributed by atoms with E-state index in [2.05, 4.69) is 15.5 Å². The van der Waals surface area contributed by atoms with Gasteiger partial charge in [0.25, 0.3) is 0 Å². The van der Waals surface area contributed by atoms with Gasteiger partial charge in [-0.15, -0.1) is 0 Å². The van der Waals surface area contributed by atoms with E-state index >= 15 is 0 Å². The Morgan fingerprint density at radius 3 is 2.67 bits per heavy atom. The molecule has 3 N–H and O–H groups in total. The van der Waals surface area contributed by atoms with Crippen LogP contribution in [-0.4, -0.2) is 55.2 Å². The maximum absolute atomic E-state index is 13.7. The van der Waals surface area contributed by atoms with Gasteiger partial charge in [-0.3, -0.25) is 0 Å². The lowest BCUT2D eigenvalue weighted by molar-refractivity contribution is 0.0690. The van der Waals surface area contributed by atoms with Crippen molar-refractivity contribution in [3.05, 3.63) is 29.3 Å². The van der Waals surface area contributed by atoms with Crippen molar-refractivity contribution in [2.75, 3.05) is 44.6 Å². The van der Waals surface area contributed by atoms with Crippen LogP contribution < -0.4 is 10.6 Å². The molecule has 5 nitrogen and oxygen atoms in total. The Hall–Kier alpha value is -1.73. The zero-order valence-corrected chi connectivity index (χ0v) is 11.7. The van der Waals surface area contributed by atoms with Crippen molar-refractivity contribution < 1.29 is 18.7 Å². The van der Waals surface area contributed by atoms with Gasteiger partial charge in [-0.25, -0.2) is 13.6 Å². The number of nitrogens with zero attached hydrogens (tertiary/aromatic N) is 1. The number of aromatic carboxylic acids is 1. The largest absolute Gasteiger partial charge is 0.478 e. The van der Waals surface area contributed by atoms with Crippen LogP contribution in [0.5, 0.6) is 0 Å². The van der Waals surface area contributed by atoms with Gasteiger partial charge in [-0.05, 0) is 25.1 Å². The Kier molecular flexibility index (Phi) is 5.46. The third-order valence-corrected chi connectivity index (χ3v) is 3.49. The molecular formula is C14H19F2N3O2. The van der Waals surface area contributed by atoms with Crippen LogP contribution >= 0.6 is 0 Å². The summed E-state index contributed by atoms with van der Waals surface area (Å²) in [6.45, 7) is 5.35. The van der Waals surface area contributed by atoms with Crippen LogP contribution in [0.4, 0.5) is 14.5 Å². The maximum atomic E-state index is 13.7. The number of anilines is 1. The highest BCUT2D eigenvalue weighted by Gasteiger charge is 2.17. The van der Waals surface area contributed by atoms with Crippen LogP contribution in [0, 0.1) is 11.6 Å². The van der Waals surface area contributed by atoms with Crippen LogP contribution in [0.25, 0.3) is 0 Å². The predicted octanol–water partition coefficient (Wildman–Crippen LogP) is 1.37. The molecule has 0 unspecified atom stereocenters. The van der Waals surface area contributed by atoms with E-state index in [4.69, 9.17) is 5.11 Å². The fourth-order valence-corrected chi connectivity index (χ4v) is 2.31. The SMILES string of the molecule is O=C(O)c1ccc(NCCCN2CCNCC2)c(F)c1F. The normalized spacial score (nSPS) is 15.9. The first kappa shape index (κ1) is 15.7. The van der Waals surface area contributed by atoms with Crippen LogP contribution in [-0.2, 0) is 0 Å². The number of hydrogen-bond acceptors (Lipinski definition) is 4. The predicted molar refractivity (Wildman–Crippen MR) is 75.7 cm³/mol. The summed E-state index contributed by atoms with van der Waals surface area (Å²) in [7, 11) is 0. The molecular weight excluding hydrogens is 280 g/mol. The van der Waals surface area contributed by atoms with E-state index in [9.17, 15) is 13.6 Å². The van der Waals surface area contributed by atoms with Crippen molar-refractivity contribution in [2.24, 2.45) is 0 Å². The average Bonchev–Trinajstić information content (AvgIpc) is 2.48. The Labute approximate surface area is 121 Å². The van der Waals surface area contributed by atoms with Crippen molar-refractivity contribution in [1.82, 2.24) is 10.2 Å². The van der Waals surface area contributed by atoms with Gasteiger partial charge in [0, 0.05) is 32.7 Å². The van der Waals surface area contributed by atoms with Gasteiger partial charge in [0.2, 0.25) is 0 Å². The van der Waals surface area contributed by atoms with E-state index in [1.54, 1.807) is 0 Å². The zero-order valence-electron chi connectivity index (χ0n) is 11.7. The Morgan fingerprint density at radius 2 is 2.00 bits per heavy atom. The number of halogens is 2. The highest BCUT2D eigenvalue weighted by atomic mass is 19.2. The lowest BCUT2D eigenvalue weighted by atomic mass is 10.2. The summed E-state index contributed by atoms with van der Waals surface area (Å²) >= 11 is 0. The maximum Gasteiger partial charge on any atom is 0.338 e. The summed E-state index contributed by atoms with van der Waals surface area (Å²) in [4.78, 5) is 13.0. The number of carboxylic acids is 1. The lowest BCUT2D eigenvalue weighted by Gasteiger charge is -2.27. The third kappa shape index (κ3) is 4.12. The minimum atomic E-state index is -1.48. The topological polar surface area (TPSA) is 64.6 Å². The molecule has 7 heteroatoms. The summed E-state index contributed by atoms with van der Waals surface area (Å²) in [6.07, 6.45) is 0.807. The van der Waals surface area contributed by atoms with Gasteiger partial charge < -0.3 is 20.6 Å². The van der Waals surface area contributed by atoms with E-state index in [0.717, 1.165) is 45.2 Å². The Morgan fingerprint density at radius 1 is 1.29 bits per heavy atom. The van der Waals surface area contributed by atoms with Crippen LogP contribution in [0.15, 0.2) is 12.1 Å². The first-order valence-electron chi connectivity index (χ1n) is 6.98. The van der Waals surface area contributed by atoms with Gasteiger partial charge in [-0.1, -0.05) is 0 Å². The molecule has 1 aromatic carbocycles. The van der Waals surface area contributed by atoms with Crippen molar-refractivity contribution in [3.63, 3.8) is 0 Å². The minimum absolute atomic E-state index is 0.00203. The van der Waals surface area contributed by atoms with E-state index in [0.29, 0.717) is 6.54 Å². The molecule has 1 aromatic rings. The molecule has 0 radical (unpaired) electrons. The van der Waals surface area contributed by atoms with Crippen molar-refractivity contribution >= 4 is 11.7 Å². The van der Waals surface area contributed by atoms with Gasteiger partial charge in [0.1, 0.15) is 0 Å². The molecule has 21 heavy (non-hydrogen) atoms. The van der Waals surface area contributed by atoms with Gasteiger partial charge in [-0.2, -0.15) is 0 Å². The third-order valence-electron chi connectivity index (χ3n) is 3.49. The highest BCUT2D eigenvalue weighted by molar-refractivity contribution is 5.88. The van der Waals surface area contributed by atoms with E-state index in [1.807, 2.05) is 0 Å². The number of benzene rings is 1. The molecule has 1 heterocycles. The molecule has 1 saturated heterocycles. The molecule has 1 aliphatic heterocycles. The molecule has 0 aliphatic carbocycles. The fourth-order valence-electron chi connectivity index (χ4n) is 2.31. The summed E-state index contributed by atoms with van der Waals surface area (Å²) < 4.78 is 27.2. The van der Waals surface area contributed by atoms with Crippen LogP contribution in [0.1, 0.15) is 16.8 Å². The van der Waals surface area contributed by atoms with Crippen LogP contribution in [0.3, 0.4) is 0 Å². The molecule has 1 aliphatic rings. The zero-order chi connectivity index (χ0) is 15.2. The van der Waals surface area contributed by atoms with Gasteiger partial charge in [0.05, 0.1) is 11.3 Å². The molecule has 1 fully saturated rings. The number of rotatable bonds is 6. The second kappa shape index (κ2) is 7.33. The van der Waals surface area contributed by atoms with Crippen molar-refractivity contribution in [3.8, 4) is 0 Å². The Balaban J connectivity index is 1.83. The average molecular weight is 299 g/mol. The monoisotopic (exact) mass is 299 g/mol. The summed E-state index contributed by atoms with van der Waals surface area (Å²) in [5.74, 6) is -3.94. The van der Waals surface area contributed by atoms with Crippen LogP contribution in [0.2, 0.25) is 0 Å². The smallest absolute Gasteiger partial charge is 0.338 e. The van der Waals surface area contributed by atoms with Gasteiger partial charge >= 0.3 is 5.97 Å². The molecule has 0 atom stereocenters. The van der Waals surface area contributed by atoms with Crippen molar-refractivity contribution in [1.29, 1.82) is 0 Å². The molecule has 0 aromatic heterocycles. The second-order valence-electron chi connectivity index (χ2n) is 4.97. The lowest BCUT2D eigenvalue weighted by Crippen LogP contribution is -2.44. The van der Waals surface area contributed by atoms with E-state index in [1.165, 1.54) is 6.07 Å². The highest BCUT2D eigenvalue weighted by Crippen LogP contribution is 2.20. The van der Waals surface area contributed by atoms with Crippen molar-refractivity contribution in [2.45, 2.75) is 6.42 Å². The molecule has 116 valence electrons. The summed E-state index contributed by atoms with van der Waals surface area (Å²) in [5, 5.41) is 14.8. The molecule has 0 saturated carbocycles. The number of hydrogen-bond donors (Lipinski definition) is 3. The number of nitrogens with one attached hydrogen (secondary N) is 2. The molecule has 0 amide bonds. The standard InChI is InChI=1S/C14H19F2N3O2/c15-12-10(14(20)21)2-3-11(13(12)16)18-4-1-7-19-8-5-17-6-9-19/h2-3,17-18H,1,4-9H2,(H,20,21). The Bertz CT molecular complexity index is 505. The van der Waals surface area contributed by atoms with E-state index < -0.39 is 23.2 Å². The number of carbonyl (C=O) groups is 1. The summed E-state index contributed by atoms with van der Waals surface area (Å²) in [5.41, 5.74) is -0.656. The fraction of sp³-hybridized carbons (Fsp3) is 0.500. The minimum Gasteiger partial charge on any atom is -0.478 e. The first-order valence-corrected chi connectivity index (χ1v) is 6.98. The van der Waals surface area contributed by atoms with Gasteiger partial charge in [0.15, 0.2) is 11.6 Å². The number of piperazine rings is 1. The molecule has 2 rings (SSSR count). The quantitative estimate of drug-likeness (QED) is 0.693. The second-order valence-corrected chi connectivity index (χ2v) is 4.97. The van der Waals surface area contributed by atoms with E-state index in [-0.39, 0.29) is 5.69 Å². The molecule has 0 spiro atoms. The summed E-state index contributed by atoms with van der Waals surface area (Å²) in [6, 6.07) is 2.33.